The highest BCUT2D eigenvalue weighted by molar-refractivity contribution is 6.59. The molecule has 0 aliphatic carbocycles. The van der Waals surface area contributed by atoms with Crippen LogP contribution in [0.2, 0.25) is 6.32 Å². The Morgan fingerprint density at radius 1 is 0.760 bits per heavy atom. The standard InChI is InChI=1S/C19H36B2O4/c1-10-11-12-13-15(21-24-18(6,7)19(8,9)25-21)14-20-22-16(2,3)17(4,5)23-20/h13H,10-12,14H2,1-9H3/b15-13-. The van der Waals surface area contributed by atoms with Crippen molar-refractivity contribution in [3.8, 4) is 0 Å². The molecular weight excluding hydrogens is 314 g/mol. The Hall–Kier alpha value is -0.290. The zero-order valence-corrected chi connectivity index (χ0v) is 17.7. The average Bonchev–Trinajstić information content (AvgIpc) is 2.77. The molecule has 2 aliphatic rings. The summed E-state index contributed by atoms with van der Waals surface area (Å²) in [5, 5.41) is 0. The molecule has 0 N–H and O–H groups in total. The molecule has 0 unspecified atom stereocenters. The van der Waals surface area contributed by atoms with Crippen molar-refractivity contribution in [1.29, 1.82) is 0 Å². The summed E-state index contributed by atoms with van der Waals surface area (Å²) < 4.78 is 24.9. The third-order valence-corrected chi connectivity index (χ3v) is 6.22. The van der Waals surface area contributed by atoms with Crippen LogP contribution in [0.15, 0.2) is 11.5 Å². The smallest absolute Gasteiger partial charge is 0.403 e. The van der Waals surface area contributed by atoms with Crippen molar-refractivity contribution in [2.24, 2.45) is 0 Å². The van der Waals surface area contributed by atoms with E-state index < -0.39 is 0 Å². The topological polar surface area (TPSA) is 36.9 Å². The molecule has 4 nitrogen and oxygen atoms in total. The van der Waals surface area contributed by atoms with E-state index in [9.17, 15) is 0 Å². The first-order valence-corrected chi connectivity index (χ1v) is 9.71. The first kappa shape index (κ1) is 21.0. The summed E-state index contributed by atoms with van der Waals surface area (Å²) in [4.78, 5) is 0. The Morgan fingerprint density at radius 3 is 1.64 bits per heavy atom. The minimum absolute atomic E-state index is 0.267. The molecule has 6 heteroatoms. The fourth-order valence-corrected chi connectivity index (χ4v) is 3.00. The lowest BCUT2D eigenvalue weighted by Gasteiger charge is -2.32. The quantitative estimate of drug-likeness (QED) is 0.508. The van der Waals surface area contributed by atoms with Gasteiger partial charge in [-0.3, -0.25) is 0 Å². The fourth-order valence-electron chi connectivity index (χ4n) is 3.00. The zero-order chi connectivity index (χ0) is 19.1. The van der Waals surface area contributed by atoms with Crippen molar-refractivity contribution in [2.45, 2.75) is 110 Å². The molecule has 0 amide bonds. The molecule has 2 fully saturated rings. The van der Waals surface area contributed by atoms with Gasteiger partial charge in [0, 0.05) is 6.32 Å². The van der Waals surface area contributed by atoms with Crippen LogP contribution in [0.3, 0.4) is 0 Å². The second kappa shape index (κ2) is 7.03. The van der Waals surface area contributed by atoms with Gasteiger partial charge in [0.15, 0.2) is 0 Å². The zero-order valence-electron chi connectivity index (χ0n) is 17.7. The van der Waals surface area contributed by atoms with E-state index in [2.05, 4.69) is 68.4 Å². The Morgan fingerprint density at radius 2 is 1.20 bits per heavy atom. The molecule has 2 rings (SSSR count). The van der Waals surface area contributed by atoms with Crippen molar-refractivity contribution in [3.05, 3.63) is 11.5 Å². The number of unbranched alkanes of at least 4 members (excludes halogenated alkanes) is 2. The Bertz CT molecular complexity index is 480. The van der Waals surface area contributed by atoms with Crippen LogP contribution in [-0.4, -0.2) is 36.6 Å². The molecule has 0 aromatic carbocycles. The van der Waals surface area contributed by atoms with Crippen molar-refractivity contribution >= 4 is 14.2 Å². The summed E-state index contributed by atoms with van der Waals surface area (Å²) in [6.07, 6.45) is 6.29. The summed E-state index contributed by atoms with van der Waals surface area (Å²) in [7, 11) is -0.599. The summed E-state index contributed by atoms with van der Waals surface area (Å²) in [5.74, 6) is 0. The number of hydrogen-bond donors (Lipinski definition) is 0. The van der Waals surface area contributed by atoms with Gasteiger partial charge in [-0.05, 0) is 67.3 Å². The van der Waals surface area contributed by atoms with Crippen molar-refractivity contribution < 1.29 is 18.6 Å². The van der Waals surface area contributed by atoms with Crippen LogP contribution in [0.1, 0.15) is 81.6 Å². The third kappa shape index (κ3) is 4.35. The molecule has 2 aliphatic heterocycles. The average molecular weight is 350 g/mol. The molecule has 0 spiro atoms. The molecule has 0 aromatic rings. The molecule has 0 saturated carbocycles. The number of allylic oxidation sites excluding steroid dienone is 2. The molecule has 25 heavy (non-hydrogen) atoms. The lowest BCUT2D eigenvalue weighted by molar-refractivity contribution is 0.00578. The van der Waals surface area contributed by atoms with Crippen LogP contribution in [0.5, 0.6) is 0 Å². The Labute approximate surface area is 155 Å². The second-order valence-corrected chi connectivity index (χ2v) is 9.40. The van der Waals surface area contributed by atoms with E-state index in [4.69, 9.17) is 18.6 Å². The molecule has 2 saturated heterocycles. The van der Waals surface area contributed by atoms with Gasteiger partial charge in [0.05, 0.1) is 22.4 Å². The van der Waals surface area contributed by atoms with E-state index in [0.717, 1.165) is 18.3 Å². The van der Waals surface area contributed by atoms with Gasteiger partial charge < -0.3 is 18.6 Å². The maximum Gasteiger partial charge on any atom is 0.489 e. The molecule has 142 valence electrons. The van der Waals surface area contributed by atoms with E-state index in [1.807, 2.05) is 0 Å². The van der Waals surface area contributed by atoms with Crippen LogP contribution in [0.25, 0.3) is 0 Å². The molecule has 2 heterocycles. The van der Waals surface area contributed by atoms with Gasteiger partial charge in [-0.1, -0.05) is 25.8 Å². The highest BCUT2D eigenvalue weighted by Gasteiger charge is 2.55. The normalized spacial score (nSPS) is 27.2. The predicted octanol–water partition coefficient (Wildman–Crippen LogP) is 4.83. The third-order valence-electron chi connectivity index (χ3n) is 6.22. The minimum Gasteiger partial charge on any atom is -0.403 e. The highest BCUT2D eigenvalue weighted by atomic mass is 16.7. The minimum atomic E-state index is -0.336. The van der Waals surface area contributed by atoms with E-state index in [0.29, 0.717) is 6.32 Å². The Balaban J connectivity index is 2.15. The van der Waals surface area contributed by atoms with Crippen LogP contribution in [-0.2, 0) is 18.6 Å². The maximum absolute atomic E-state index is 6.27. The SMILES string of the molecule is CCCC/C=C(/CB1OC(C)(C)C(C)(C)O1)B1OC(C)(C)C(C)(C)O1. The van der Waals surface area contributed by atoms with Crippen molar-refractivity contribution in [3.63, 3.8) is 0 Å². The molecular formula is C19H36B2O4. The lowest BCUT2D eigenvalue weighted by atomic mass is 9.65. The van der Waals surface area contributed by atoms with Gasteiger partial charge >= 0.3 is 14.2 Å². The fraction of sp³-hybridized carbons (Fsp3) is 0.895. The summed E-state index contributed by atoms with van der Waals surface area (Å²) in [6.45, 7) is 18.9. The van der Waals surface area contributed by atoms with E-state index >= 15 is 0 Å². The van der Waals surface area contributed by atoms with E-state index in [1.165, 1.54) is 6.42 Å². The lowest BCUT2D eigenvalue weighted by Crippen LogP contribution is -2.41. The first-order valence-electron chi connectivity index (χ1n) is 9.71. The van der Waals surface area contributed by atoms with Gasteiger partial charge in [0.25, 0.3) is 0 Å². The summed E-state index contributed by atoms with van der Waals surface area (Å²) >= 11 is 0. The maximum atomic E-state index is 6.27. The van der Waals surface area contributed by atoms with Crippen LogP contribution < -0.4 is 0 Å². The monoisotopic (exact) mass is 350 g/mol. The molecule has 0 bridgehead atoms. The van der Waals surface area contributed by atoms with Crippen LogP contribution >= 0.6 is 0 Å². The van der Waals surface area contributed by atoms with E-state index in [-0.39, 0.29) is 36.6 Å². The molecule has 0 radical (unpaired) electrons. The van der Waals surface area contributed by atoms with Gasteiger partial charge in [-0.25, -0.2) is 0 Å². The van der Waals surface area contributed by atoms with Crippen molar-refractivity contribution in [2.75, 3.05) is 0 Å². The summed E-state index contributed by atoms with van der Waals surface area (Å²) in [6, 6.07) is 0. The second-order valence-electron chi connectivity index (χ2n) is 9.40. The Kier molecular flexibility index (Phi) is 5.91. The van der Waals surface area contributed by atoms with Crippen molar-refractivity contribution in [1.82, 2.24) is 0 Å². The summed E-state index contributed by atoms with van der Waals surface area (Å²) in [5.41, 5.74) is -0.176. The number of rotatable bonds is 6. The van der Waals surface area contributed by atoms with Gasteiger partial charge in [-0.15, -0.1) is 0 Å². The van der Waals surface area contributed by atoms with Gasteiger partial charge in [0.2, 0.25) is 0 Å². The van der Waals surface area contributed by atoms with Gasteiger partial charge in [-0.2, -0.15) is 0 Å². The largest absolute Gasteiger partial charge is 0.489 e. The predicted molar refractivity (Wildman–Crippen MR) is 105 cm³/mol. The van der Waals surface area contributed by atoms with Crippen LogP contribution in [0, 0.1) is 0 Å². The first-order chi connectivity index (χ1) is 11.3. The molecule has 0 atom stereocenters. The molecule has 0 aromatic heterocycles. The highest BCUT2D eigenvalue weighted by Crippen LogP contribution is 2.42. The number of hydrogen-bond acceptors (Lipinski definition) is 4. The van der Waals surface area contributed by atoms with Crippen LogP contribution in [0.4, 0.5) is 0 Å². The van der Waals surface area contributed by atoms with Gasteiger partial charge in [0.1, 0.15) is 0 Å². The van der Waals surface area contributed by atoms with E-state index in [1.54, 1.807) is 0 Å².